The van der Waals surface area contributed by atoms with Gasteiger partial charge in [0.15, 0.2) is 6.10 Å². The fraction of sp³-hybridized carbons (Fsp3) is 0.364. The second-order valence-corrected chi connectivity index (χ2v) is 6.63. The molecule has 5 nitrogen and oxygen atoms in total. The third-order valence-corrected chi connectivity index (χ3v) is 4.10. The van der Waals surface area contributed by atoms with Crippen LogP contribution in [0.5, 0.6) is 5.75 Å². The van der Waals surface area contributed by atoms with Crippen LogP contribution >= 0.6 is 0 Å². The van der Waals surface area contributed by atoms with Crippen molar-refractivity contribution in [3.63, 3.8) is 0 Å². The summed E-state index contributed by atoms with van der Waals surface area (Å²) >= 11 is 0. The van der Waals surface area contributed by atoms with Gasteiger partial charge >= 0.3 is 0 Å². The van der Waals surface area contributed by atoms with Crippen molar-refractivity contribution < 1.29 is 14.3 Å². The van der Waals surface area contributed by atoms with Crippen LogP contribution in [0.15, 0.2) is 42.5 Å². The third kappa shape index (κ3) is 5.84. The summed E-state index contributed by atoms with van der Waals surface area (Å²) in [5, 5.41) is 5.68. The number of benzene rings is 2. The Kier molecular flexibility index (Phi) is 7.41. The highest BCUT2D eigenvalue weighted by molar-refractivity contribution is 6.04. The van der Waals surface area contributed by atoms with Crippen molar-refractivity contribution in [1.82, 2.24) is 5.32 Å². The summed E-state index contributed by atoms with van der Waals surface area (Å²) in [4.78, 5) is 25.1. The lowest BCUT2D eigenvalue weighted by molar-refractivity contribution is -0.122. The molecule has 2 aromatic carbocycles. The summed E-state index contributed by atoms with van der Waals surface area (Å²) in [6.07, 6.45) is 0.725. The average molecular weight is 368 g/mol. The number of anilines is 1. The smallest absolute Gasteiger partial charge is 0.265 e. The highest BCUT2D eigenvalue weighted by atomic mass is 16.5. The number of nitrogens with one attached hydrogen (secondary N) is 2. The molecule has 0 bridgehead atoms. The van der Waals surface area contributed by atoms with Crippen LogP contribution in [0.3, 0.4) is 0 Å². The SMILES string of the molecule is CCCNC(=O)c1ccccc1NC(=O)[C@H](CC)Oc1cc(C)cc(C)c1. The number of hydrogen-bond donors (Lipinski definition) is 2. The van der Waals surface area contributed by atoms with Gasteiger partial charge in [0.05, 0.1) is 11.3 Å². The Morgan fingerprint density at radius 2 is 1.70 bits per heavy atom. The first-order valence-corrected chi connectivity index (χ1v) is 9.37. The van der Waals surface area contributed by atoms with Crippen LogP contribution in [0, 0.1) is 13.8 Å². The van der Waals surface area contributed by atoms with E-state index in [1.54, 1.807) is 24.3 Å². The molecule has 0 saturated heterocycles. The van der Waals surface area contributed by atoms with E-state index < -0.39 is 6.10 Å². The number of carbonyl (C=O) groups is 2. The maximum atomic E-state index is 12.7. The van der Waals surface area contributed by atoms with Crippen LogP contribution in [0.25, 0.3) is 0 Å². The van der Waals surface area contributed by atoms with Gasteiger partial charge in [-0.05, 0) is 62.1 Å². The van der Waals surface area contributed by atoms with Crippen LogP contribution in [0.4, 0.5) is 5.69 Å². The molecule has 2 amide bonds. The highest BCUT2D eigenvalue weighted by Gasteiger charge is 2.21. The van der Waals surface area contributed by atoms with Gasteiger partial charge in [0.2, 0.25) is 0 Å². The number of aryl methyl sites for hydroxylation is 2. The molecular weight excluding hydrogens is 340 g/mol. The van der Waals surface area contributed by atoms with Gasteiger partial charge in [-0.2, -0.15) is 0 Å². The number of para-hydroxylation sites is 1. The predicted octanol–water partition coefficient (Wildman–Crippen LogP) is 4.24. The van der Waals surface area contributed by atoms with Gasteiger partial charge < -0.3 is 15.4 Å². The summed E-state index contributed by atoms with van der Waals surface area (Å²) in [6, 6.07) is 12.9. The van der Waals surface area contributed by atoms with E-state index in [0.29, 0.717) is 30.0 Å². The fourth-order valence-electron chi connectivity index (χ4n) is 2.82. The van der Waals surface area contributed by atoms with E-state index in [9.17, 15) is 9.59 Å². The van der Waals surface area contributed by atoms with Crippen molar-refractivity contribution in [2.75, 3.05) is 11.9 Å². The first-order valence-electron chi connectivity index (χ1n) is 9.37. The van der Waals surface area contributed by atoms with Crippen molar-refractivity contribution in [2.45, 2.75) is 46.6 Å². The second-order valence-electron chi connectivity index (χ2n) is 6.63. The molecule has 0 heterocycles. The first kappa shape index (κ1) is 20.5. The molecule has 0 spiro atoms. The predicted molar refractivity (Wildman–Crippen MR) is 108 cm³/mol. The van der Waals surface area contributed by atoms with E-state index in [0.717, 1.165) is 17.5 Å². The van der Waals surface area contributed by atoms with Gasteiger partial charge in [0.25, 0.3) is 11.8 Å². The maximum absolute atomic E-state index is 12.7. The van der Waals surface area contributed by atoms with Gasteiger partial charge in [-0.3, -0.25) is 9.59 Å². The number of carbonyl (C=O) groups excluding carboxylic acids is 2. The topological polar surface area (TPSA) is 67.4 Å². The molecule has 0 saturated carbocycles. The molecule has 2 N–H and O–H groups in total. The average Bonchev–Trinajstić information content (AvgIpc) is 2.63. The van der Waals surface area contributed by atoms with Crippen LogP contribution in [-0.2, 0) is 4.79 Å². The van der Waals surface area contributed by atoms with E-state index in [2.05, 4.69) is 16.7 Å². The van der Waals surface area contributed by atoms with Gasteiger partial charge in [-0.1, -0.05) is 32.0 Å². The number of ether oxygens (including phenoxy) is 1. The minimum Gasteiger partial charge on any atom is -0.481 e. The molecule has 0 aliphatic heterocycles. The number of rotatable bonds is 8. The molecule has 0 radical (unpaired) electrons. The molecular formula is C22H28N2O3. The van der Waals surface area contributed by atoms with E-state index in [1.807, 2.05) is 39.8 Å². The van der Waals surface area contributed by atoms with E-state index in [-0.39, 0.29) is 11.8 Å². The largest absolute Gasteiger partial charge is 0.481 e. The molecule has 2 rings (SSSR count). The lowest BCUT2D eigenvalue weighted by atomic mass is 10.1. The Balaban J connectivity index is 2.13. The number of amides is 2. The summed E-state index contributed by atoms with van der Waals surface area (Å²) in [7, 11) is 0. The van der Waals surface area contributed by atoms with Gasteiger partial charge in [-0.25, -0.2) is 0 Å². The van der Waals surface area contributed by atoms with Crippen LogP contribution < -0.4 is 15.4 Å². The quantitative estimate of drug-likeness (QED) is 0.732. The van der Waals surface area contributed by atoms with Crippen LogP contribution in [0.1, 0.15) is 48.2 Å². The Morgan fingerprint density at radius 1 is 1.04 bits per heavy atom. The second kappa shape index (κ2) is 9.76. The van der Waals surface area contributed by atoms with E-state index in [4.69, 9.17) is 4.74 Å². The van der Waals surface area contributed by atoms with Crippen LogP contribution in [-0.4, -0.2) is 24.5 Å². The van der Waals surface area contributed by atoms with Crippen molar-refractivity contribution in [1.29, 1.82) is 0 Å². The van der Waals surface area contributed by atoms with Crippen molar-refractivity contribution in [3.8, 4) is 5.75 Å². The molecule has 144 valence electrons. The highest BCUT2D eigenvalue weighted by Crippen LogP contribution is 2.20. The molecule has 5 heteroatoms. The van der Waals surface area contributed by atoms with E-state index in [1.165, 1.54) is 0 Å². The Hall–Kier alpha value is -2.82. The van der Waals surface area contributed by atoms with Gasteiger partial charge in [0.1, 0.15) is 5.75 Å². The Bertz CT molecular complexity index is 782. The molecule has 0 aliphatic rings. The molecule has 0 unspecified atom stereocenters. The normalized spacial score (nSPS) is 11.6. The molecule has 27 heavy (non-hydrogen) atoms. The van der Waals surface area contributed by atoms with Crippen molar-refractivity contribution >= 4 is 17.5 Å². The Labute approximate surface area is 161 Å². The van der Waals surface area contributed by atoms with Crippen molar-refractivity contribution in [2.24, 2.45) is 0 Å². The minimum atomic E-state index is -0.641. The fourth-order valence-corrected chi connectivity index (χ4v) is 2.82. The maximum Gasteiger partial charge on any atom is 0.265 e. The zero-order valence-electron chi connectivity index (χ0n) is 16.5. The monoisotopic (exact) mass is 368 g/mol. The minimum absolute atomic E-state index is 0.198. The van der Waals surface area contributed by atoms with Crippen LogP contribution in [0.2, 0.25) is 0 Å². The van der Waals surface area contributed by atoms with E-state index >= 15 is 0 Å². The molecule has 1 atom stereocenters. The third-order valence-electron chi connectivity index (χ3n) is 4.10. The first-order chi connectivity index (χ1) is 12.9. The summed E-state index contributed by atoms with van der Waals surface area (Å²) in [5.74, 6) is 0.201. The van der Waals surface area contributed by atoms with Gasteiger partial charge in [0, 0.05) is 6.54 Å². The lowest BCUT2D eigenvalue weighted by Crippen LogP contribution is -2.33. The molecule has 2 aromatic rings. The van der Waals surface area contributed by atoms with Gasteiger partial charge in [-0.15, -0.1) is 0 Å². The molecule has 0 aliphatic carbocycles. The van der Waals surface area contributed by atoms with Crippen molar-refractivity contribution in [3.05, 3.63) is 59.2 Å². The zero-order valence-corrected chi connectivity index (χ0v) is 16.5. The lowest BCUT2D eigenvalue weighted by Gasteiger charge is -2.19. The number of hydrogen-bond acceptors (Lipinski definition) is 3. The Morgan fingerprint density at radius 3 is 2.33 bits per heavy atom. The summed E-state index contributed by atoms with van der Waals surface area (Å²) < 4.78 is 5.91. The zero-order chi connectivity index (χ0) is 19.8. The summed E-state index contributed by atoms with van der Waals surface area (Å²) in [6.45, 7) is 8.46. The standard InChI is InChI=1S/C22H28N2O3/c1-5-11-23-21(25)18-9-7-8-10-19(18)24-22(26)20(6-2)27-17-13-15(3)12-16(4)14-17/h7-10,12-14,20H,5-6,11H2,1-4H3,(H,23,25)(H,24,26)/t20-/m0/s1. The molecule has 0 fully saturated rings. The molecule has 0 aromatic heterocycles. The summed E-state index contributed by atoms with van der Waals surface area (Å²) in [5.41, 5.74) is 3.09.